The smallest absolute Gasteiger partial charge is 0.271 e. The molecule has 0 bridgehead atoms. The van der Waals surface area contributed by atoms with E-state index in [0.29, 0.717) is 16.9 Å². The summed E-state index contributed by atoms with van der Waals surface area (Å²) in [6, 6.07) is 26.3. The van der Waals surface area contributed by atoms with Gasteiger partial charge in [-0.3, -0.25) is 18.7 Å². The molecule has 0 spiro atoms. The third kappa shape index (κ3) is 4.12. The minimum absolute atomic E-state index is 0.0929. The first-order chi connectivity index (χ1) is 15.6. The third-order valence-electron chi connectivity index (χ3n) is 4.69. The van der Waals surface area contributed by atoms with Crippen molar-refractivity contribution < 1.29 is 9.90 Å². The number of carbonyl (C=O) groups is 1. The Bertz CT molecular complexity index is 1400. The van der Waals surface area contributed by atoms with Crippen molar-refractivity contribution in [2.75, 3.05) is 0 Å². The molecule has 1 heterocycles. The average molecular weight is 443 g/mol. The zero-order valence-electron chi connectivity index (χ0n) is 16.8. The predicted octanol–water partition coefficient (Wildman–Crippen LogP) is 3.83. The second-order valence-electron chi connectivity index (χ2n) is 6.73. The van der Waals surface area contributed by atoms with Gasteiger partial charge in [-0.15, -0.1) is 0 Å². The zero-order valence-corrected chi connectivity index (χ0v) is 17.6. The number of carbonyl (C=O) groups excluding carboxylic acids is 1. The largest absolute Gasteiger partial charge is 0.494 e. The lowest BCUT2D eigenvalue weighted by molar-refractivity contribution is 0.0955. The van der Waals surface area contributed by atoms with Crippen LogP contribution in [0.3, 0.4) is 0 Å². The number of hydrogen-bond donors (Lipinski definition) is 2. The summed E-state index contributed by atoms with van der Waals surface area (Å²) in [5, 5.41) is 14.8. The fourth-order valence-electron chi connectivity index (χ4n) is 3.15. The Labute approximate surface area is 188 Å². The van der Waals surface area contributed by atoms with Crippen molar-refractivity contribution in [3.05, 3.63) is 117 Å². The second-order valence-corrected chi connectivity index (χ2v) is 7.10. The Morgan fingerprint density at radius 1 is 0.844 bits per heavy atom. The maximum absolute atomic E-state index is 13.3. The standard InChI is InChI=1S/C24H18N4O3S/c29-21(17-10-4-1-5-11-17)26-25-16-20-22(30)27(18-12-6-2-7-13-18)24(32)28(23(20)31)19-14-8-3-9-15-19/h1-16,30H,(H,26,29)/b25-16+. The molecule has 0 unspecified atom stereocenters. The average Bonchev–Trinajstić information content (AvgIpc) is 2.83. The lowest BCUT2D eigenvalue weighted by atomic mass is 10.2. The van der Waals surface area contributed by atoms with E-state index in [4.69, 9.17) is 12.2 Å². The minimum atomic E-state index is -0.566. The molecule has 0 fully saturated rings. The number of aromatic nitrogens is 2. The van der Waals surface area contributed by atoms with Gasteiger partial charge in [0.05, 0.1) is 17.6 Å². The van der Waals surface area contributed by atoms with Gasteiger partial charge in [0.15, 0.2) is 4.77 Å². The molecule has 0 aliphatic carbocycles. The summed E-state index contributed by atoms with van der Waals surface area (Å²) in [5.41, 5.74) is 3.20. The first kappa shape index (κ1) is 21.0. The van der Waals surface area contributed by atoms with Gasteiger partial charge in [-0.1, -0.05) is 54.6 Å². The SMILES string of the molecule is O=C(N/N=C/c1c(O)n(-c2ccccc2)c(=S)n(-c2ccccc2)c1=O)c1ccccc1. The summed E-state index contributed by atoms with van der Waals surface area (Å²) in [7, 11) is 0. The first-order valence-corrected chi connectivity index (χ1v) is 10.1. The van der Waals surface area contributed by atoms with E-state index >= 15 is 0 Å². The van der Waals surface area contributed by atoms with Gasteiger partial charge < -0.3 is 5.11 Å². The van der Waals surface area contributed by atoms with Crippen LogP contribution in [-0.4, -0.2) is 26.4 Å². The summed E-state index contributed by atoms with van der Waals surface area (Å²) in [4.78, 5) is 25.5. The van der Waals surface area contributed by atoms with E-state index < -0.39 is 11.5 Å². The highest BCUT2D eigenvalue weighted by atomic mass is 32.1. The van der Waals surface area contributed by atoms with Crippen LogP contribution in [0.4, 0.5) is 0 Å². The van der Waals surface area contributed by atoms with Crippen LogP contribution >= 0.6 is 12.2 Å². The number of rotatable bonds is 5. The van der Waals surface area contributed by atoms with Gasteiger partial charge in [-0.05, 0) is 48.6 Å². The molecule has 4 rings (SSSR count). The fraction of sp³-hybridized carbons (Fsp3) is 0. The molecule has 1 amide bonds. The van der Waals surface area contributed by atoms with E-state index in [1.165, 1.54) is 9.13 Å². The minimum Gasteiger partial charge on any atom is -0.494 e. The van der Waals surface area contributed by atoms with E-state index in [9.17, 15) is 14.7 Å². The molecule has 4 aromatic rings. The van der Waals surface area contributed by atoms with Gasteiger partial charge in [0, 0.05) is 5.56 Å². The van der Waals surface area contributed by atoms with E-state index in [0.717, 1.165) is 6.21 Å². The van der Waals surface area contributed by atoms with E-state index in [1.54, 1.807) is 78.9 Å². The van der Waals surface area contributed by atoms with E-state index in [1.807, 2.05) is 12.1 Å². The van der Waals surface area contributed by atoms with Gasteiger partial charge in [0.2, 0.25) is 5.88 Å². The molecule has 0 saturated heterocycles. The fourth-order valence-corrected chi connectivity index (χ4v) is 3.53. The molecule has 8 heteroatoms. The molecule has 1 aromatic heterocycles. The molecule has 0 aliphatic rings. The number of nitrogens with one attached hydrogen (secondary N) is 1. The maximum Gasteiger partial charge on any atom is 0.271 e. The van der Waals surface area contributed by atoms with Crippen LogP contribution < -0.4 is 11.0 Å². The maximum atomic E-state index is 13.3. The van der Waals surface area contributed by atoms with Crippen LogP contribution in [0.15, 0.2) is 101 Å². The Morgan fingerprint density at radius 3 is 1.91 bits per heavy atom. The topological polar surface area (TPSA) is 88.6 Å². The Kier molecular flexibility index (Phi) is 6.05. The van der Waals surface area contributed by atoms with Crippen molar-refractivity contribution >= 4 is 24.3 Å². The van der Waals surface area contributed by atoms with Gasteiger partial charge in [-0.2, -0.15) is 5.10 Å². The summed E-state index contributed by atoms with van der Waals surface area (Å²) in [5.74, 6) is -0.823. The van der Waals surface area contributed by atoms with Crippen molar-refractivity contribution in [1.82, 2.24) is 14.6 Å². The summed E-state index contributed by atoms with van der Waals surface area (Å²) >= 11 is 5.56. The quantitative estimate of drug-likeness (QED) is 0.279. The highest BCUT2D eigenvalue weighted by molar-refractivity contribution is 7.71. The van der Waals surface area contributed by atoms with E-state index in [-0.39, 0.29) is 16.2 Å². The molecule has 158 valence electrons. The zero-order chi connectivity index (χ0) is 22.5. The molecule has 0 atom stereocenters. The summed E-state index contributed by atoms with van der Waals surface area (Å²) in [6.45, 7) is 0. The molecule has 32 heavy (non-hydrogen) atoms. The third-order valence-corrected chi connectivity index (χ3v) is 5.06. The van der Waals surface area contributed by atoms with Gasteiger partial charge in [0.25, 0.3) is 11.5 Å². The van der Waals surface area contributed by atoms with Crippen LogP contribution in [0.2, 0.25) is 0 Å². The van der Waals surface area contributed by atoms with Crippen molar-refractivity contribution in [3.63, 3.8) is 0 Å². The van der Waals surface area contributed by atoms with Crippen LogP contribution in [0, 0.1) is 4.77 Å². The number of nitrogens with zero attached hydrogens (tertiary/aromatic N) is 3. The lowest BCUT2D eigenvalue weighted by Crippen LogP contribution is -2.27. The Morgan fingerprint density at radius 2 is 1.34 bits per heavy atom. The normalized spacial score (nSPS) is 10.9. The lowest BCUT2D eigenvalue weighted by Gasteiger charge is -2.16. The molecule has 7 nitrogen and oxygen atoms in total. The Hall–Kier alpha value is -4.30. The number of amides is 1. The predicted molar refractivity (Wildman–Crippen MR) is 125 cm³/mol. The summed E-state index contributed by atoms with van der Waals surface area (Å²) < 4.78 is 2.78. The van der Waals surface area contributed by atoms with Crippen LogP contribution in [0.1, 0.15) is 15.9 Å². The number of hydrogen-bond acceptors (Lipinski definition) is 5. The highest BCUT2D eigenvalue weighted by Crippen LogP contribution is 2.21. The number of benzene rings is 3. The van der Waals surface area contributed by atoms with Crippen LogP contribution in [0.25, 0.3) is 11.4 Å². The molecule has 3 aromatic carbocycles. The van der Waals surface area contributed by atoms with Gasteiger partial charge in [-0.25, -0.2) is 5.43 Å². The molecule has 2 N–H and O–H groups in total. The second kappa shape index (κ2) is 9.23. The van der Waals surface area contributed by atoms with Crippen molar-refractivity contribution in [2.45, 2.75) is 0 Å². The molecule has 0 saturated carbocycles. The molecular weight excluding hydrogens is 424 g/mol. The monoisotopic (exact) mass is 442 g/mol. The number of hydrazone groups is 1. The van der Waals surface area contributed by atoms with Gasteiger partial charge >= 0.3 is 0 Å². The number of aromatic hydroxyl groups is 1. The van der Waals surface area contributed by atoms with Crippen molar-refractivity contribution in [1.29, 1.82) is 0 Å². The van der Waals surface area contributed by atoms with Gasteiger partial charge in [0.1, 0.15) is 5.56 Å². The molecular formula is C24H18N4O3S. The van der Waals surface area contributed by atoms with Crippen molar-refractivity contribution in [3.8, 4) is 17.3 Å². The van der Waals surface area contributed by atoms with E-state index in [2.05, 4.69) is 10.5 Å². The van der Waals surface area contributed by atoms with Crippen molar-refractivity contribution in [2.24, 2.45) is 5.10 Å². The first-order valence-electron chi connectivity index (χ1n) is 9.68. The molecule has 0 aliphatic heterocycles. The Balaban J connectivity index is 1.84. The van der Waals surface area contributed by atoms with Crippen LogP contribution in [0.5, 0.6) is 5.88 Å². The van der Waals surface area contributed by atoms with Crippen LogP contribution in [-0.2, 0) is 0 Å². The summed E-state index contributed by atoms with van der Waals surface area (Å²) in [6.07, 6.45) is 1.12. The highest BCUT2D eigenvalue weighted by Gasteiger charge is 2.18. The number of para-hydroxylation sites is 2. The molecule has 0 radical (unpaired) electrons.